The highest BCUT2D eigenvalue weighted by molar-refractivity contribution is 9.10. The SMILES string of the molecule is Cc1cccc(C(=O)O)c1Nc1c(Br)c(C)nn1-c1cccc(F)c1C. The smallest absolute Gasteiger partial charge is 0.337 e. The number of rotatable bonds is 4. The van der Waals surface area contributed by atoms with Crippen molar-refractivity contribution in [1.82, 2.24) is 9.78 Å². The third-order valence-electron chi connectivity index (χ3n) is 4.20. The summed E-state index contributed by atoms with van der Waals surface area (Å²) in [5, 5.41) is 17.1. The molecule has 1 heterocycles. The molecular weight excluding hydrogens is 401 g/mol. The van der Waals surface area contributed by atoms with Crippen LogP contribution in [0.2, 0.25) is 0 Å². The molecule has 0 radical (unpaired) electrons. The second-order valence-electron chi connectivity index (χ2n) is 5.97. The number of aromatic carboxylic acids is 1. The molecule has 0 unspecified atom stereocenters. The van der Waals surface area contributed by atoms with Crippen molar-refractivity contribution >= 4 is 33.4 Å². The molecule has 0 aliphatic rings. The van der Waals surface area contributed by atoms with Crippen LogP contribution in [0, 0.1) is 26.6 Å². The Bertz CT molecular complexity index is 1010. The normalized spacial score (nSPS) is 10.8. The van der Waals surface area contributed by atoms with Gasteiger partial charge < -0.3 is 10.4 Å². The molecule has 0 aliphatic carbocycles. The lowest BCUT2D eigenvalue weighted by atomic mass is 10.1. The number of anilines is 2. The van der Waals surface area contributed by atoms with Gasteiger partial charge in [0.05, 0.1) is 27.1 Å². The second kappa shape index (κ2) is 6.92. The first-order valence-electron chi connectivity index (χ1n) is 7.91. The molecule has 7 heteroatoms. The minimum atomic E-state index is -1.03. The highest BCUT2D eigenvalue weighted by Crippen LogP contribution is 2.34. The second-order valence-corrected chi connectivity index (χ2v) is 6.76. The van der Waals surface area contributed by atoms with Crippen LogP contribution in [-0.4, -0.2) is 20.9 Å². The van der Waals surface area contributed by atoms with Crippen molar-refractivity contribution in [2.24, 2.45) is 0 Å². The average molecular weight is 418 g/mol. The Morgan fingerprint density at radius 3 is 2.58 bits per heavy atom. The van der Waals surface area contributed by atoms with Crippen LogP contribution >= 0.6 is 15.9 Å². The monoisotopic (exact) mass is 417 g/mol. The molecule has 0 saturated heterocycles. The standard InChI is InChI=1S/C19H17BrFN3O2/c1-10-6-4-7-13(19(25)26)17(10)22-18-16(20)12(3)23-24(18)15-9-5-8-14(21)11(15)2/h4-9,22H,1-3H3,(H,25,26). The summed E-state index contributed by atoms with van der Waals surface area (Å²) in [5.74, 6) is -0.829. The maximum atomic E-state index is 14.0. The van der Waals surface area contributed by atoms with E-state index in [2.05, 4.69) is 26.3 Å². The van der Waals surface area contributed by atoms with Crippen LogP contribution in [0.3, 0.4) is 0 Å². The Morgan fingerprint density at radius 1 is 1.19 bits per heavy atom. The van der Waals surface area contributed by atoms with Crippen molar-refractivity contribution in [3.8, 4) is 5.69 Å². The Balaban J connectivity index is 2.20. The van der Waals surface area contributed by atoms with E-state index in [1.807, 2.05) is 19.9 Å². The number of aromatic nitrogens is 2. The van der Waals surface area contributed by atoms with Crippen molar-refractivity contribution in [2.45, 2.75) is 20.8 Å². The molecule has 0 bridgehead atoms. The molecule has 1 aromatic heterocycles. The first-order valence-corrected chi connectivity index (χ1v) is 8.71. The van der Waals surface area contributed by atoms with Gasteiger partial charge >= 0.3 is 5.97 Å². The van der Waals surface area contributed by atoms with Crippen molar-refractivity contribution < 1.29 is 14.3 Å². The molecule has 3 rings (SSSR count). The van der Waals surface area contributed by atoms with E-state index in [9.17, 15) is 14.3 Å². The molecule has 0 saturated carbocycles. The first kappa shape index (κ1) is 18.1. The molecule has 3 aromatic rings. The number of carboxylic acids is 1. The molecule has 0 atom stereocenters. The van der Waals surface area contributed by atoms with Gasteiger partial charge in [-0.25, -0.2) is 13.9 Å². The van der Waals surface area contributed by atoms with E-state index in [-0.39, 0.29) is 11.4 Å². The molecule has 0 spiro atoms. The van der Waals surface area contributed by atoms with E-state index in [1.165, 1.54) is 12.1 Å². The number of carboxylic acid groups (broad SMARTS) is 1. The molecule has 26 heavy (non-hydrogen) atoms. The largest absolute Gasteiger partial charge is 0.478 e. The van der Waals surface area contributed by atoms with Crippen molar-refractivity contribution in [1.29, 1.82) is 0 Å². The number of benzene rings is 2. The fourth-order valence-corrected chi connectivity index (χ4v) is 3.09. The molecule has 2 N–H and O–H groups in total. The van der Waals surface area contributed by atoms with Crippen LogP contribution in [0.25, 0.3) is 5.69 Å². The van der Waals surface area contributed by atoms with Gasteiger partial charge in [-0.15, -0.1) is 0 Å². The van der Waals surface area contributed by atoms with Gasteiger partial charge in [-0.3, -0.25) is 0 Å². The van der Waals surface area contributed by atoms with Crippen LogP contribution in [0.15, 0.2) is 40.9 Å². The maximum Gasteiger partial charge on any atom is 0.337 e. The highest BCUT2D eigenvalue weighted by atomic mass is 79.9. The molecule has 0 aliphatic heterocycles. The lowest BCUT2D eigenvalue weighted by molar-refractivity contribution is 0.0698. The number of hydrogen-bond acceptors (Lipinski definition) is 3. The van der Waals surface area contributed by atoms with Crippen LogP contribution in [0.4, 0.5) is 15.9 Å². The predicted octanol–water partition coefficient (Wildman–Crippen LogP) is 5.14. The summed E-state index contributed by atoms with van der Waals surface area (Å²) >= 11 is 3.50. The number of aryl methyl sites for hydroxylation is 2. The lowest BCUT2D eigenvalue weighted by Crippen LogP contribution is -2.09. The number of halogens is 2. The molecule has 2 aromatic carbocycles. The van der Waals surface area contributed by atoms with Gasteiger partial charge in [0.1, 0.15) is 11.6 Å². The number of nitrogens with one attached hydrogen (secondary N) is 1. The fraction of sp³-hybridized carbons (Fsp3) is 0.158. The van der Waals surface area contributed by atoms with Gasteiger partial charge in [0.2, 0.25) is 0 Å². The number of nitrogens with zero attached hydrogens (tertiary/aromatic N) is 2. The topological polar surface area (TPSA) is 67.2 Å². The lowest BCUT2D eigenvalue weighted by Gasteiger charge is -2.16. The van der Waals surface area contributed by atoms with Crippen molar-refractivity contribution in [3.63, 3.8) is 0 Å². The number of carbonyl (C=O) groups is 1. The number of para-hydroxylation sites is 1. The predicted molar refractivity (Wildman–Crippen MR) is 102 cm³/mol. The van der Waals surface area contributed by atoms with Crippen LogP contribution < -0.4 is 5.32 Å². The summed E-state index contributed by atoms with van der Waals surface area (Å²) in [5.41, 5.74) is 3.12. The molecular formula is C19H17BrFN3O2. The third kappa shape index (κ3) is 3.10. The summed E-state index contributed by atoms with van der Waals surface area (Å²) < 4.78 is 16.3. The van der Waals surface area contributed by atoms with Gasteiger partial charge in [-0.05, 0) is 60.5 Å². The van der Waals surface area contributed by atoms with Gasteiger partial charge in [0, 0.05) is 5.56 Å². The summed E-state index contributed by atoms with van der Waals surface area (Å²) in [7, 11) is 0. The van der Waals surface area contributed by atoms with Gasteiger partial charge in [-0.1, -0.05) is 18.2 Å². The van der Waals surface area contributed by atoms with E-state index >= 15 is 0 Å². The Morgan fingerprint density at radius 2 is 1.88 bits per heavy atom. The zero-order chi connectivity index (χ0) is 19.0. The Hall–Kier alpha value is -2.67. The van der Waals surface area contributed by atoms with Gasteiger partial charge in [0.15, 0.2) is 0 Å². The summed E-state index contributed by atoms with van der Waals surface area (Å²) in [6.45, 7) is 5.32. The third-order valence-corrected chi connectivity index (χ3v) is 5.15. The Kier molecular flexibility index (Phi) is 4.82. The number of hydrogen-bond donors (Lipinski definition) is 2. The van der Waals surface area contributed by atoms with E-state index in [0.29, 0.717) is 32.9 Å². The van der Waals surface area contributed by atoms with Gasteiger partial charge in [0.25, 0.3) is 0 Å². The van der Waals surface area contributed by atoms with E-state index < -0.39 is 5.97 Å². The summed E-state index contributed by atoms with van der Waals surface area (Å²) in [6, 6.07) is 9.82. The minimum Gasteiger partial charge on any atom is -0.478 e. The summed E-state index contributed by atoms with van der Waals surface area (Å²) in [4.78, 5) is 11.6. The van der Waals surface area contributed by atoms with Crippen LogP contribution in [0.1, 0.15) is 27.2 Å². The van der Waals surface area contributed by atoms with Crippen molar-refractivity contribution in [2.75, 3.05) is 5.32 Å². The first-order chi connectivity index (χ1) is 12.3. The molecule has 0 fully saturated rings. The van der Waals surface area contributed by atoms with Crippen LogP contribution in [0.5, 0.6) is 0 Å². The zero-order valence-electron chi connectivity index (χ0n) is 14.5. The van der Waals surface area contributed by atoms with Crippen LogP contribution in [-0.2, 0) is 0 Å². The molecule has 0 amide bonds. The molecule has 134 valence electrons. The van der Waals surface area contributed by atoms with E-state index in [0.717, 1.165) is 5.56 Å². The van der Waals surface area contributed by atoms with Gasteiger partial charge in [-0.2, -0.15) is 5.10 Å². The molecule has 5 nitrogen and oxygen atoms in total. The van der Waals surface area contributed by atoms with E-state index in [4.69, 9.17) is 0 Å². The average Bonchev–Trinajstić information content (AvgIpc) is 2.87. The highest BCUT2D eigenvalue weighted by Gasteiger charge is 2.20. The maximum absolute atomic E-state index is 14.0. The van der Waals surface area contributed by atoms with E-state index in [1.54, 1.807) is 29.8 Å². The van der Waals surface area contributed by atoms with Crippen molar-refractivity contribution in [3.05, 3.63) is 69.1 Å². The fourth-order valence-electron chi connectivity index (χ4n) is 2.75. The minimum absolute atomic E-state index is 0.151. The quantitative estimate of drug-likeness (QED) is 0.616. The zero-order valence-corrected chi connectivity index (χ0v) is 16.1. The summed E-state index contributed by atoms with van der Waals surface area (Å²) in [6.07, 6.45) is 0. The Labute approximate surface area is 158 Å².